The number of aliphatic hydroxyl groups excluding tert-OH is 1. The first-order chi connectivity index (χ1) is 9.17. The minimum atomic E-state index is -0.429. The molecule has 2 N–H and O–H groups in total. The summed E-state index contributed by atoms with van der Waals surface area (Å²) in [6.45, 7) is 3.96. The molecule has 1 saturated heterocycles. The highest BCUT2D eigenvalue weighted by molar-refractivity contribution is 5.47. The molecule has 1 aromatic rings. The lowest BCUT2D eigenvalue weighted by Gasteiger charge is -2.28. The summed E-state index contributed by atoms with van der Waals surface area (Å²) in [5, 5.41) is 13.9. The average molecular weight is 265 g/mol. The predicted octanol–water partition coefficient (Wildman–Crippen LogP) is 2.05. The third-order valence-corrected chi connectivity index (χ3v) is 3.92. The van der Waals surface area contributed by atoms with E-state index < -0.39 is 6.10 Å². The maximum absolute atomic E-state index is 10.6. The summed E-state index contributed by atoms with van der Waals surface area (Å²) in [4.78, 5) is 0. The number of methoxy groups -OCH3 is 2. The highest BCUT2D eigenvalue weighted by Crippen LogP contribution is 2.37. The Hall–Kier alpha value is -1.26. The van der Waals surface area contributed by atoms with Gasteiger partial charge in [-0.1, -0.05) is 0 Å². The monoisotopic (exact) mass is 265 g/mol. The first-order valence-electron chi connectivity index (χ1n) is 6.78. The van der Waals surface area contributed by atoms with E-state index in [1.807, 2.05) is 19.1 Å². The number of aliphatic hydroxyl groups is 1. The Morgan fingerprint density at radius 2 is 1.74 bits per heavy atom. The van der Waals surface area contributed by atoms with Gasteiger partial charge >= 0.3 is 0 Å². The van der Waals surface area contributed by atoms with Gasteiger partial charge in [-0.05, 0) is 62.0 Å². The van der Waals surface area contributed by atoms with Gasteiger partial charge in [0.05, 0.1) is 20.3 Å². The van der Waals surface area contributed by atoms with Crippen molar-refractivity contribution in [1.82, 2.24) is 5.32 Å². The average Bonchev–Trinajstić information content (AvgIpc) is 2.47. The van der Waals surface area contributed by atoms with E-state index in [1.165, 1.54) is 0 Å². The maximum atomic E-state index is 10.6. The zero-order valence-corrected chi connectivity index (χ0v) is 11.9. The number of hydrogen-bond donors (Lipinski definition) is 2. The molecule has 0 amide bonds. The molecule has 1 heterocycles. The zero-order chi connectivity index (χ0) is 13.8. The van der Waals surface area contributed by atoms with Crippen LogP contribution in [-0.2, 0) is 0 Å². The van der Waals surface area contributed by atoms with Crippen LogP contribution in [0.25, 0.3) is 0 Å². The number of rotatable bonds is 4. The smallest absolute Gasteiger partial charge is 0.161 e. The fourth-order valence-corrected chi connectivity index (χ4v) is 2.73. The zero-order valence-electron chi connectivity index (χ0n) is 11.9. The Morgan fingerprint density at radius 1 is 1.16 bits per heavy atom. The standard InChI is InChI=1S/C15H23NO3/c1-10-8-13(18-2)14(19-3)9-12(10)15(17)11-4-6-16-7-5-11/h8-9,11,15-17H,4-7H2,1-3H3. The molecule has 1 aliphatic rings. The van der Waals surface area contributed by atoms with E-state index in [-0.39, 0.29) is 0 Å². The second kappa shape index (κ2) is 6.26. The van der Waals surface area contributed by atoms with E-state index in [2.05, 4.69) is 5.32 Å². The van der Waals surface area contributed by atoms with Crippen LogP contribution in [0.15, 0.2) is 12.1 Å². The molecule has 0 aliphatic carbocycles. The van der Waals surface area contributed by atoms with Crippen molar-refractivity contribution in [2.45, 2.75) is 25.9 Å². The SMILES string of the molecule is COc1cc(C)c(C(O)C2CCNCC2)cc1OC. The normalized spacial score (nSPS) is 18.1. The Kier molecular flexibility index (Phi) is 4.66. The summed E-state index contributed by atoms with van der Waals surface area (Å²) >= 11 is 0. The van der Waals surface area contributed by atoms with Gasteiger partial charge in [0.15, 0.2) is 11.5 Å². The van der Waals surface area contributed by atoms with Crippen molar-refractivity contribution in [3.05, 3.63) is 23.3 Å². The summed E-state index contributed by atoms with van der Waals surface area (Å²) in [5.74, 6) is 1.70. The Labute approximate surface area is 114 Å². The van der Waals surface area contributed by atoms with Crippen LogP contribution >= 0.6 is 0 Å². The second-order valence-corrected chi connectivity index (χ2v) is 5.10. The molecule has 0 aromatic heterocycles. The van der Waals surface area contributed by atoms with Gasteiger partial charge in [-0.2, -0.15) is 0 Å². The van der Waals surface area contributed by atoms with Gasteiger partial charge < -0.3 is 19.9 Å². The number of nitrogens with one attached hydrogen (secondary N) is 1. The van der Waals surface area contributed by atoms with E-state index in [9.17, 15) is 5.11 Å². The summed E-state index contributed by atoms with van der Waals surface area (Å²) in [6, 6.07) is 3.83. The van der Waals surface area contributed by atoms with E-state index in [0.29, 0.717) is 17.4 Å². The third kappa shape index (κ3) is 3.01. The van der Waals surface area contributed by atoms with Crippen molar-refractivity contribution in [3.63, 3.8) is 0 Å². The van der Waals surface area contributed by atoms with Gasteiger partial charge in [0.25, 0.3) is 0 Å². The Morgan fingerprint density at radius 3 is 2.32 bits per heavy atom. The van der Waals surface area contributed by atoms with Gasteiger partial charge in [0, 0.05) is 0 Å². The lowest BCUT2D eigenvalue weighted by atomic mass is 9.86. The molecule has 1 fully saturated rings. The van der Waals surface area contributed by atoms with Gasteiger partial charge in [0.2, 0.25) is 0 Å². The molecule has 4 heteroatoms. The van der Waals surface area contributed by atoms with E-state index in [1.54, 1.807) is 14.2 Å². The van der Waals surface area contributed by atoms with Gasteiger partial charge in [-0.15, -0.1) is 0 Å². The van der Waals surface area contributed by atoms with E-state index >= 15 is 0 Å². The largest absolute Gasteiger partial charge is 0.493 e. The van der Waals surface area contributed by atoms with Crippen LogP contribution in [0.1, 0.15) is 30.1 Å². The molecule has 4 nitrogen and oxygen atoms in total. The molecule has 1 unspecified atom stereocenters. The van der Waals surface area contributed by atoms with Gasteiger partial charge in [-0.3, -0.25) is 0 Å². The maximum Gasteiger partial charge on any atom is 0.161 e. The van der Waals surface area contributed by atoms with Crippen molar-refractivity contribution in [2.24, 2.45) is 5.92 Å². The molecule has 0 spiro atoms. The predicted molar refractivity (Wildman–Crippen MR) is 74.8 cm³/mol. The Bertz CT molecular complexity index is 428. The number of aryl methyl sites for hydroxylation is 1. The number of benzene rings is 1. The highest BCUT2D eigenvalue weighted by atomic mass is 16.5. The lowest BCUT2D eigenvalue weighted by molar-refractivity contribution is 0.0881. The molecule has 19 heavy (non-hydrogen) atoms. The van der Waals surface area contributed by atoms with Crippen molar-refractivity contribution in [1.29, 1.82) is 0 Å². The number of hydrogen-bond acceptors (Lipinski definition) is 4. The summed E-state index contributed by atoms with van der Waals surface area (Å²) in [5.41, 5.74) is 1.99. The van der Waals surface area contributed by atoms with Crippen LogP contribution in [0.5, 0.6) is 11.5 Å². The molecule has 2 rings (SSSR count). The van der Waals surface area contributed by atoms with Crippen LogP contribution in [0.2, 0.25) is 0 Å². The minimum Gasteiger partial charge on any atom is -0.493 e. The molecule has 0 bridgehead atoms. The van der Waals surface area contributed by atoms with Crippen LogP contribution in [0.4, 0.5) is 0 Å². The van der Waals surface area contributed by atoms with Gasteiger partial charge in [0.1, 0.15) is 0 Å². The second-order valence-electron chi connectivity index (χ2n) is 5.10. The lowest BCUT2D eigenvalue weighted by Crippen LogP contribution is -2.31. The molecule has 1 aliphatic heterocycles. The highest BCUT2D eigenvalue weighted by Gasteiger charge is 2.25. The summed E-state index contributed by atoms with van der Waals surface area (Å²) < 4.78 is 10.6. The van der Waals surface area contributed by atoms with Crippen molar-refractivity contribution in [2.75, 3.05) is 27.3 Å². The fraction of sp³-hybridized carbons (Fsp3) is 0.600. The van der Waals surface area contributed by atoms with Crippen LogP contribution in [0.3, 0.4) is 0 Å². The molecule has 106 valence electrons. The Balaban J connectivity index is 2.27. The quantitative estimate of drug-likeness (QED) is 0.875. The van der Waals surface area contributed by atoms with Crippen LogP contribution in [0, 0.1) is 12.8 Å². The van der Waals surface area contributed by atoms with Gasteiger partial charge in [-0.25, -0.2) is 0 Å². The number of ether oxygens (including phenoxy) is 2. The van der Waals surface area contributed by atoms with Crippen molar-refractivity contribution < 1.29 is 14.6 Å². The molecule has 1 atom stereocenters. The molecule has 0 saturated carbocycles. The fourth-order valence-electron chi connectivity index (χ4n) is 2.73. The number of piperidine rings is 1. The molecular formula is C15H23NO3. The summed E-state index contributed by atoms with van der Waals surface area (Å²) in [7, 11) is 3.24. The van der Waals surface area contributed by atoms with Crippen molar-refractivity contribution >= 4 is 0 Å². The van der Waals surface area contributed by atoms with Crippen LogP contribution < -0.4 is 14.8 Å². The molecule has 0 radical (unpaired) electrons. The third-order valence-electron chi connectivity index (χ3n) is 3.92. The minimum absolute atomic E-state index is 0.318. The molecular weight excluding hydrogens is 242 g/mol. The summed E-state index contributed by atoms with van der Waals surface area (Å²) in [6.07, 6.45) is 1.59. The van der Waals surface area contributed by atoms with E-state index in [4.69, 9.17) is 9.47 Å². The topological polar surface area (TPSA) is 50.7 Å². The molecule has 1 aromatic carbocycles. The first-order valence-corrected chi connectivity index (χ1v) is 6.78. The first kappa shape index (κ1) is 14.2. The van der Waals surface area contributed by atoms with Crippen LogP contribution in [-0.4, -0.2) is 32.4 Å². The van der Waals surface area contributed by atoms with Crippen molar-refractivity contribution in [3.8, 4) is 11.5 Å². The van der Waals surface area contributed by atoms with E-state index in [0.717, 1.165) is 37.1 Å².